The quantitative estimate of drug-likeness (QED) is 0.0446. The Labute approximate surface area is 355 Å². The van der Waals surface area contributed by atoms with Gasteiger partial charge < -0.3 is 38.3 Å². The molecule has 0 saturated carbocycles. The Morgan fingerprint density at radius 3 is 1.88 bits per heavy atom. The van der Waals surface area contributed by atoms with Crippen molar-refractivity contribution in [2.75, 3.05) is 39.6 Å². The van der Waals surface area contributed by atoms with E-state index in [0.717, 1.165) is 67.3 Å². The zero-order valence-corrected chi connectivity index (χ0v) is 37.8. The Morgan fingerprint density at radius 1 is 0.793 bits per heavy atom. The van der Waals surface area contributed by atoms with E-state index in [1.165, 1.54) is 0 Å². The normalized spacial score (nSPS) is 21.3. The van der Waals surface area contributed by atoms with Crippen molar-refractivity contribution in [3.8, 4) is 5.75 Å². The Bertz CT molecular complexity index is 1590. The fraction of sp³-hybridized carbons (Fsp3) is 0.583. The van der Waals surface area contributed by atoms with Crippen LogP contribution in [0.25, 0.3) is 0 Å². The lowest BCUT2D eigenvalue weighted by Gasteiger charge is -2.50. The minimum atomic E-state index is -3.31. The summed E-state index contributed by atoms with van der Waals surface area (Å²) >= 11 is 7.14. The summed E-state index contributed by atoms with van der Waals surface area (Å²) in [4.78, 5) is 12.9. The second kappa shape index (κ2) is 24.0. The molecule has 5 atom stereocenters. The molecule has 0 spiro atoms. The topological polar surface area (TPSA) is 95.8 Å². The maximum atomic E-state index is 13.3. The van der Waals surface area contributed by atoms with E-state index in [9.17, 15) is 9.90 Å². The van der Waals surface area contributed by atoms with E-state index in [4.69, 9.17) is 40.0 Å². The fourth-order valence-corrected chi connectivity index (χ4v) is 11.7. The highest BCUT2D eigenvalue weighted by molar-refractivity contribution is 6.98. The number of rotatable bonds is 27. The second-order valence-corrected chi connectivity index (χ2v) is 20.5. The van der Waals surface area contributed by atoms with Gasteiger partial charge >= 0.3 is 0 Å². The summed E-state index contributed by atoms with van der Waals surface area (Å²) in [5.41, 5.74) is 1.18. The van der Waals surface area contributed by atoms with E-state index in [2.05, 4.69) is 48.1 Å². The SMILES string of the molecule is C=CCOc1cc(Cl)c(CCC(C)(C)[Si](O)(c2ccccc2)c2ccccc2)cc1C1(O)O[C@H](COCCCC)[C@@H](OCCCC)[C@H](OCCCC)[C@H]1OCCCC. The van der Waals surface area contributed by atoms with Crippen LogP contribution in [0.2, 0.25) is 10.1 Å². The van der Waals surface area contributed by atoms with E-state index in [0.29, 0.717) is 55.6 Å². The molecule has 322 valence electrons. The van der Waals surface area contributed by atoms with Crippen molar-refractivity contribution in [2.45, 2.75) is 141 Å². The molecule has 1 aliphatic heterocycles. The number of halogens is 1. The molecule has 1 unspecified atom stereocenters. The van der Waals surface area contributed by atoms with Crippen LogP contribution in [0.5, 0.6) is 5.75 Å². The predicted molar refractivity (Wildman–Crippen MR) is 238 cm³/mol. The van der Waals surface area contributed by atoms with Gasteiger partial charge in [-0.05, 0) is 71.6 Å². The molecule has 0 aromatic heterocycles. The summed E-state index contributed by atoms with van der Waals surface area (Å²) in [6.45, 7) is 19.0. The molecule has 10 heteroatoms. The Kier molecular flexibility index (Phi) is 19.9. The largest absolute Gasteiger partial charge is 0.489 e. The fourth-order valence-electron chi connectivity index (χ4n) is 7.71. The van der Waals surface area contributed by atoms with Crippen LogP contribution in [0.1, 0.15) is 110 Å². The smallest absolute Gasteiger partial charge is 0.258 e. The van der Waals surface area contributed by atoms with Crippen molar-refractivity contribution in [3.05, 3.63) is 102 Å². The van der Waals surface area contributed by atoms with Crippen molar-refractivity contribution in [3.63, 3.8) is 0 Å². The number of unbranched alkanes of at least 4 members (excludes halogenated alkanes) is 4. The Hall–Kier alpha value is -2.57. The second-order valence-electron chi connectivity index (χ2n) is 16.2. The van der Waals surface area contributed by atoms with E-state index < -0.39 is 43.6 Å². The number of aliphatic hydroxyl groups is 1. The van der Waals surface area contributed by atoms with Crippen LogP contribution in [-0.4, -0.2) is 82.3 Å². The third-order valence-electron chi connectivity index (χ3n) is 11.3. The minimum Gasteiger partial charge on any atom is -0.489 e. The summed E-state index contributed by atoms with van der Waals surface area (Å²) < 4.78 is 39.4. The molecule has 2 N–H and O–H groups in total. The number of aryl methyl sites for hydroxylation is 1. The number of ether oxygens (including phenoxy) is 6. The van der Waals surface area contributed by atoms with Crippen molar-refractivity contribution < 1.29 is 38.3 Å². The van der Waals surface area contributed by atoms with Crippen LogP contribution in [0, 0.1) is 0 Å². The number of hydrogen-bond acceptors (Lipinski definition) is 8. The van der Waals surface area contributed by atoms with Crippen LogP contribution in [0.3, 0.4) is 0 Å². The van der Waals surface area contributed by atoms with E-state index in [1.807, 2.05) is 66.7 Å². The standard InChI is InChI=1S/C48H71ClO8Si/c1-8-13-30-52-36-43-44(54-31-14-9-2)45(55-32-15-10-3)46(56-33-16-11-4)48(50,57-43)40-34-37(41(49)35-42(40)53-29-12-5)27-28-47(6,7)58(51,38-23-19-17-20-24-38)39-25-21-18-22-26-39/h12,17-26,34-35,43-46,50-51H,5,8-11,13-16,27-33,36H2,1-4,6-7H3/t43-,44-,45+,46-,48?/m1/s1. The summed E-state index contributed by atoms with van der Waals surface area (Å²) in [7, 11) is -3.31. The molecule has 58 heavy (non-hydrogen) atoms. The van der Waals surface area contributed by atoms with Gasteiger partial charge in [-0.25, -0.2) is 0 Å². The minimum absolute atomic E-state index is 0.183. The van der Waals surface area contributed by atoms with Gasteiger partial charge in [-0.15, -0.1) is 0 Å². The first-order valence-electron chi connectivity index (χ1n) is 21.7. The Morgan fingerprint density at radius 2 is 1.33 bits per heavy atom. The van der Waals surface area contributed by atoms with Gasteiger partial charge in [-0.3, -0.25) is 0 Å². The van der Waals surface area contributed by atoms with Crippen molar-refractivity contribution in [1.29, 1.82) is 0 Å². The van der Waals surface area contributed by atoms with Crippen LogP contribution in [0.15, 0.2) is 85.5 Å². The van der Waals surface area contributed by atoms with Crippen LogP contribution in [-0.2, 0) is 35.9 Å². The lowest BCUT2D eigenvalue weighted by molar-refractivity contribution is -0.375. The van der Waals surface area contributed by atoms with Gasteiger partial charge in [0, 0.05) is 31.5 Å². The van der Waals surface area contributed by atoms with Gasteiger partial charge in [-0.2, -0.15) is 0 Å². The molecule has 0 aliphatic carbocycles. The molecular formula is C48H71ClO8Si. The van der Waals surface area contributed by atoms with Crippen molar-refractivity contribution in [2.24, 2.45) is 0 Å². The molecule has 4 rings (SSSR count). The summed E-state index contributed by atoms with van der Waals surface area (Å²) in [5.74, 6) is -1.68. The molecule has 0 amide bonds. The maximum Gasteiger partial charge on any atom is 0.258 e. The van der Waals surface area contributed by atoms with E-state index in [1.54, 1.807) is 12.1 Å². The summed E-state index contributed by atoms with van der Waals surface area (Å²) in [5, 5.41) is 15.2. The molecule has 3 aromatic rings. The Balaban J connectivity index is 1.85. The monoisotopic (exact) mass is 838 g/mol. The third-order valence-corrected chi connectivity index (χ3v) is 16.2. The average Bonchev–Trinajstić information content (AvgIpc) is 3.23. The molecule has 1 aliphatic rings. The number of hydrogen-bond donors (Lipinski definition) is 2. The van der Waals surface area contributed by atoms with Gasteiger partial charge in [0.15, 0.2) is 0 Å². The average molecular weight is 840 g/mol. The number of benzene rings is 3. The molecule has 1 fully saturated rings. The first kappa shape index (κ1) is 48.1. The highest BCUT2D eigenvalue weighted by Crippen LogP contribution is 2.47. The maximum absolute atomic E-state index is 13.3. The molecule has 1 saturated heterocycles. The highest BCUT2D eigenvalue weighted by atomic mass is 35.5. The molecule has 0 radical (unpaired) electrons. The molecule has 1 heterocycles. The van der Waals surface area contributed by atoms with Crippen molar-refractivity contribution in [1.82, 2.24) is 0 Å². The first-order chi connectivity index (χ1) is 28.0. The third kappa shape index (κ3) is 12.0. The molecule has 3 aromatic carbocycles. The zero-order valence-electron chi connectivity index (χ0n) is 36.1. The van der Waals surface area contributed by atoms with Gasteiger partial charge in [0.05, 0.1) is 12.2 Å². The first-order valence-corrected chi connectivity index (χ1v) is 24.1. The van der Waals surface area contributed by atoms with Gasteiger partial charge in [0.1, 0.15) is 36.8 Å². The summed E-state index contributed by atoms with van der Waals surface area (Å²) in [6, 6.07) is 23.7. The highest BCUT2D eigenvalue weighted by Gasteiger charge is 2.58. The van der Waals surface area contributed by atoms with Gasteiger partial charge in [-0.1, -0.05) is 152 Å². The van der Waals surface area contributed by atoms with E-state index in [-0.39, 0.29) is 13.2 Å². The summed E-state index contributed by atoms with van der Waals surface area (Å²) in [6.07, 6.45) is 7.11. The lowest BCUT2D eigenvalue weighted by atomic mass is 9.85. The van der Waals surface area contributed by atoms with Gasteiger partial charge in [0.2, 0.25) is 5.79 Å². The van der Waals surface area contributed by atoms with Crippen LogP contribution >= 0.6 is 11.6 Å². The zero-order chi connectivity index (χ0) is 42.0. The van der Waals surface area contributed by atoms with Crippen LogP contribution < -0.4 is 15.1 Å². The molecule has 0 bridgehead atoms. The molecule has 8 nitrogen and oxygen atoms in total. The van der Waals surface area contributed by atoms with Gasteiger partial charge in [0.25, 0.3) is 8.32 Å². The van der Waals surface area contributed by atoms with E-state index >= 15 is 0 Å². The van der Waals surface area contributed by atoms with Crippen molar-refractivity contribution >= 4 is 30.3 Å². The predicted octanol–water partition coefficient (Wildman–Crippen LogP) is 9.29. The lowest BCUT2D eigenvalue weighted by Crippen LogP contribution is -2.66. The van der Waals surface area contributed by atoms with Crippen LogP contribution in [0.4, 0.5) is 0 Å². The molecular weight excluding hydrogens is 768 g/mol.